The number of rotatable bonds is 7. The summed E-state index contributed by atoms with van der Waals surface area (Å²) in [6.45, 7) is 2.03. The molecule has 0 saturated heterocycles. The summed E-state index contributed by atoms with van der Waals surface area (Å²) in [7, 11) is 1.48. The number of amides is 3. The van der Waals surface area contributed by atoms with E-state index in [0.29, 0.717) is 11.3 Å². The maximum atomic E-state index is 12.5. The van der Waals surface area contributed by atoms with Crippen molar-refractivity contribution in [1.29, 1.82) is 0 Å². The summed E-state index contributed by atoms with van der Waals surface area (Å²) in [5.74, 6) is -2.18. The van der Waals surface area contributed by atoms with Crippen LogP contribution in [-0.4, -0.2) is 46.8 Å². The van der Waals surface area contributed by atoms with Gasteiger partial charge in [-0.15, -0.1) is 11.3 Å². The number of aliphatic carboxylic acids is 1. The summed E-state index contributed by atoms with van der Waals surface area (Å²) in [5.41, 5.74) is 2.33. The number of ketones is 1. The minimum absolute atomic E-state index is 0.329. The van der Waals surface area contributed by atoms with E-state index in [1.165, 1.54) is 41.1 Å². The van der Waals surface area contributed by atoms with E-state index in [0.717, 1.165) is 10.4 Å². The Hall–Kier alpha value is -3.46. The van der Waals surface area contributed by atoms with Crippen LogP contribution in [0.5, 0.6) is 0 Å². The molecule has 0 bridgehead atoms. The van der Waals surface area contributed by atoms with Crippen LogP contribution in [0.2, 0.25) is 0 Å². The van der Waals surface area contributed by atoms with Gasteiger partial charge in [-0.2, -0.15) is 0 Å². The summed E-state index contributed by atoms with van der Waals surface area (Å²) < 4.78 is 0. The average Bonchev–Trinajstić information content (AvgIpc) is 3.18. The van der Waals surface area contributed by atoms with Gasteiger partial charge in [-0.3, -0.25) is 14.4 Å². The van der Waals surface area contributed by atoms with Gasteiger partial charge >= 0.3 is 12.0 Å². The van der Waals surface area contributed by atoms with Crippen molar-refractivity contribution in [3.63, 3.8) is 0 Å². The van der Waals surface area contributed by atoms with E-state index in [1.54, 1.807) is 6.07 Å². The van der Waals surface area contributed by atoms with E-state index < -0.39 is 35.8 Å². The highest BCUT2D eigenvalue weighted by Crippen LogP contribution is 2.28. The molecule has 0 fully saturated rings. The zero-order valence-electron chi connectivity index (χ0n) is 17.1. The number of likely N-dealkylation sites (N-methyl/N-ethyl adjacent to an activating group) is 1. The monoisotopic (exact) mass is 441 g/mol. The summed E-state index contributed by atoms with van der Waals surface area (Å²) in [5, 5.41) is 14.2. The number of aryl methyl sites for hydroxylation is 1. The Bertz CT molecular complexity index is 1050. The third-order valence-corrected chi connectivity index (χ3v) is 6.15. The van der Waals surface area contributed by atoms with Crippen molar-refractivity contribution in [2.24, 2.45) is 0 Å². The summed E-state index contributed by atoms with van der Waals surface area (Å²) in [6.07, 6.45) is 2.91. The van der Waals surface area contributed by atoms with Crippen LogP contribution < -0.4 is 10.6 Å². The number of carboxylic acids is 1. The smallest absolute Gasteiger partial charge is 0.316 e. The highest BCUT2D eigenvalue weighted by atomic mass is 32.1. The molecule has 2 aromatic rings. The van der Waals surface area contributed by atoms with Crippen LogP contribution in [-0.2, 0) is 20.8 Å². The van der Waals surface area contributed by atoms with E-state index >= 15 is 0 Å². The van der Waals surface area contributed by atoms with E-state index in [-0.39, 0.29) is 6.42 Å². The number of urea groups is 1. The zero-order valence-corrected chi connectivity index (χ0v) is 17.9. The molecular weight excluding hydrogens is 418 g/mol. The number of nitrogens with one attached hydrogen (secondary N) is 2. The predicted octanol–water partition coefficient (Wildman–Crippen LogP) is 2.39. The van der Waals surface area contributed by atoms with Gasteiger partial charge in [-0.05, 0) is 30.2 Å². The molecule has 1 aromatic heterocycles. The standard InChI is InChI=1S/C22H23N3O5S/c1-13-5-3-4-6-14(13)11-15-7-8-18(31-15)16(12-19(27)28)23-22(30)24-20-17(26)9-10-25(2)21(20)29/h3-10,16,20H,11-12H2,1-2H3,(H,27,28)(H2,23,24,30). The first-order valence-corrected chi connectivity index (χ1v) is 10.5. The molecule has 3 amide bonds. The normalized spacial score (nSPS) is 16.8. The average molecular weight is 442 g/mol. The molecule has 3 N–H and O–H groups in total. The third-order valence-electron chi connectivity index (χ3n) is 4.95. The Labute approximate surface area is 183 Å². The van der Waals surface area contributed by atoms with Crippen LogP contribution in [0.15, 0.2) is 48.7 Å². The van der Waals surface area contributed by atoms with Gasteiger partial charge in [0, 0.05) is 35.5 Å². The molecule has 0 spiro atoms. The fourth-order valence-corrected chi connectivity index (χ4v) is 4.30. The maximum absolute atomic E-state index is 12.5. The first-order valence-electron chi connectivity index (χ1n) is 9.65. The lowest BCUT2D eigenvalue weighted by atomic mass is 10.1. The number of carbonyl (C=O) groups is 4. The molecule has 2 heterocycles. The lowest BCUT2D eigenvalue weighted by molar-refractivity contribution is -0.138. The fourth-order valence-electron chi connectivity index (χ4n) is 3.21. The highest BCUT2D eigenvalue weighted by Gasteiger charge is 2.32. The topological polar surface area (TPSA) is 116 Å². The Kier molecular flexibility index (Phi) is 6.86. The molecule has 0 saturated carbocycles. The van der Waals surface area contributed by atoms with Crippen LogP contribution in [0.4, 0.5) is 4.79 Å². The van der Waals surface area contributed by atoms with Gasteiger partial charge in [-0.1, -0.05) is 24.3 Å². The molecule has 162 valence electrons. The van der Waals surface area contributed by atoms with Gasteiger partial charge in [0.25, 0.3) is 5.91 Å². The van der Waals surface area contributed by atoms with Gasteiger partial charge < -0.3 is 20.6 Å². The van der Waals surface area contributed by atoms with Crippen molar-refractivity contribution in [2.75, 3.05) is 7.05 Å². The van der Waals surface area contributed by atoms with Crippen LogP contribution >= 0.6 is 11.3 Å². The fraction of sp³-hybridized carbons (Fsp3) is 0.273. The molecule has 9 heteroatoms. The van der Waals surface area contributed by atoms with Gasteiger partial charge in [0.05, 0.1) is 12.5 Å². The number of carboxylic acid groups (broad SMARTS) is 1. The van der Waals surface area contributed by atoms with Crippen molar-refractivity contribution >= 4 is 35.0 Å². The minimum atomic E-state index is -1.33. The number of nitrogens with zero attached hydrogens (tertiary/aromatic N) is 1. The molecule has 3 rings (SSSR count). The molecular formula is C22H23N3O5S. The maximum Gasteiger partial charge on any atom is 0.316 e. The molecule has 8 nitrogen and oxygen atoms in total. The Morgan fingerprint density at radius 3 is 2.65 bits per heavy atom. The summed E-state index contributed by atoms with van der Waals surface area (Å²) in [4.78, 5) is 50.8. The predicted molar refractivity (Wildman–Crippen MR) is 116 cm³/mol. The number of benzene rings is 1. The Morgan fingerprint density at radius 2 is 1.94 bits per heavy atom. The molecule has 31 heavy (non-hydrogen) atoms. The number of thiophene rings is 1. The Balaban J connectivity index is 1.71. The summed E-state index contributed by atoms with van der Waals surface area (Å²) >= 11 is 1.42. The molecule has 0 radical (unpaired) electrons. The zero-order chi connectivity index (χ0) is 22.5. The van der Waals surface area contributed by atoms with Crippen molar-refractivity contribution in [3.8, 4) is 0 Å². The summed E-state index contributed by atoms with van der Waals surface area (Å²) in [6, 6.07) is 8.80. The highest BCUT2D eigenvalue weighted by molar-refractivity contribution is 7.12. The van der Waals surface area contributed by atoms with Gasteiger partial charge in [0.15, 0.2) is 11.8 Å². The molecule has 2 atom stereocenters. The van der Waals surface area contributed by atoms with E-state index in [9.17, 15) is 24.3 Å². The largest absolute Gasteiger partial charge is 0.481 e. The molecule has 1 aromatic carbocycles. The van der Waals surface area contributed by atoms with Crippen LogP contribution in [0.1, 0.15) is 33.3 Å². The van der Waals surface area contributed by atoms with Gasteiger partial charge in [0.1, 0.15) is 0 Å². The van der Waals surface area contributed by atoms with Crippen molar-refractivity contribution in [3.05, 3.63) is 69.6 Å². The number of carbonyl (C=O) groups excluding carboxylic acids is 3. The second kappa shape index (κ2) is 9.57. The first kappa shape index (κ1) is 22.2. The van der Waals surface area contributed by atoms with Crippen molar-refractivity contribution < 1.29 is 24.3 Å². The lowest BCUT2D eigenvalue weighted by Gasteiger charge is -2.25. The van der Waals surface area contributed by atoms with Crippen LogP contribution in [0.25, 0.3) is 0 Å². The van der Waals surface area contributed by atoms with Crippen molar-refractivity contribution in [1.82, 2.24) is 15.5 Å². The van der Waals surface area contributed by atoms with Crippen LogP contribution in [0, 0.1) is 6.92 Å². The molecule has 1 aliphatic heterocycles. The SMILES string of the molecule is Cc1ccccc1Cc1ccc(C(CC(=O)O)NC(=O)NC2C(=O)C=CN(C)C2=O)s1. The second-order valence-electron chi connectivity index (χ2n) is 7.28. The van der Waals surface area contributed by atoms with E-state index in [1.807, 2.05) is 37.3 Å². The number of hydrogen-bond acceptors (Lipinski definition) is 5. The Morgan fingerprint density at radius 1 is 1.19 bits per heavy atom. The quantitative estimate of drug-likeness (QED) is 0.571. The molecule has 1 aliphatic rings. The van der Waals surface area contributed by atoms with Crippen LogP contribution in [0.3, 0.4) is 0 Å². The van der Waals surface area contributed by atoms with Crippen molar-refractivity contribution in [2.45, 2.75) is 31.8 Å². The van der Waals surface area contributed by atoms with Gasteiger partial charge in [0.2, 0.25) is 0 Å². The number of hydrogen-bond donors (Lipinski definition) is 3. The van der Waals surface area contributed by atoms with E-state index in [2.05, 4.69) is 10.6 Å². The van der Waals surface area contributed by atoms with E-state index in [4.69, 9.17) is 0 Å². The lowest BCUT2D eigenvalue weighted by Crippen LogP contribution is -2.55. The first-order chi connectivity index (χ1) is 14.7. The van der Waals surface area contributed by atoms with Gasteiger partial charge in [-0.25, -0.2) is 4.79 Å². The minimum Gasteiger partial charge on any atom is -0.481 e. The molecule has 0 aliphatic carbocycles. The third kappa shape index (κ3) is 5.58. The second-order valence-corrected chi connectivity index (χ2v) is 8.48. The molecule has 2 unspecified atom stereocenters.